The molecular formula is C32H39ClN6O5. The first-order valence-electron chi connectivity index (χ1n) is 14.6. The largest absolute Gasteiger partial charge is 0.497 e. The molecule has 5 rings (SSSR count). The molecule has 2 aromatic carbocycles. The topological polar surface area (TPSA) is 126 Å². The van der Waals surface area contributed by atoms with E-state index in [1.807, 2.05) is 49.2 Å². The van der Waals surface area contributed by atoms with E-state index in [1.165, 1.54) is 16.5 Å². The Morgan fingerprint density at radius 3 is 2.73 bits per heavy atom. The highest BCUT2D eigenvalue weighted by Gasteiger charge is 2.20. The summed E-state index contributed by atoms with van der Waals surface area (Å²) in [7, 11) is 5.15. The molecule has 2 aromatic heterocycles. The van der Waals surface area contributed by atoms with Gasteiger partial charge in [0.05, 0.1) is 39.2 Å². The maximum atomic E-state index is 13.3. The number of fused-ring (bicyclic) bond motifs is 1. The van der Waals surface area contributed by atoms with E-state index >= 15 is 0 Å². The Bertz CT molecular complexity index is 1610. The number of carbonyl (C=O) groups is 1. The first kappa shape index (κ1) is 31.4. The Balaban J connectivity index is 1.22. The zero-order valence-electron chi connectivity index (χ0n) is 25.5. The molecular weight excluding hydrogens is 584 g/mol. The fourth-order valence-electron chi connectivity index (χ4n) is 5.48. The number of rotatable bonds is 11. The minimum absolute atomic E-state index is 0.245. The van der Waals surface area contributed by atoms with Crippen molar-refractivity contribution >= 4 is 40.2 Å². The number of nitrogens with one attached hydrogen (secondary N) is 1. The summed E-state index contributed by atoms with van der Waals surface area (Å²) in [5, 5.41) is 3.21. The summed E-state index contributed by atoms with van der Waals surface area (Å²) in [6.07, 6.45) is 3.43. The van der Waals surface area contributed by atoms with Crippen LogP contribution in [0.2, 0.25) is 5.15 Å². The van der Waals surface area contributed by atoms with Crippen molar-refractivity contribution in [1.29, 1.82) is 0 Å². The molecule has 4 aromatic rings. The SMILES string of the molecule is COc1ccc(CN(C)c2cc(Cl)nc3c2ncn3C(=O)N[C@H](C)COCc2cc(N)cc(C3CCOCC3)c2)c(OC)c1. The number of hydrogen-bond donors (Lipinski definition) is 2. The fraction of sp³-hybridized carbons (Fsp3) is 0.406. The van der Waals surface area contributed by atoms with Gasteiger partial charge in [0.2, 0.25) is 0 Å². The van der Waals surface area contributed by atoms with Gasteiger partial charge in [-0.3, -0.25) is 0 Å². The van der Waals surface area contributed by atoms with E-state index < -0.39 is 0 Å². The number of aromatic nitrogens is 3. The van der Waals surface area contributed by atoms with Crippen molar-refractivity contribution in [2.75, 3.05) is 51.7 Å². The Hall–Kier alpha value is -4.06. The molecule has 234 valence electrons. The van der Waals surface area contributed by atoms with Crippen molar-refractivity contribution in [3.63, 3.8) is 0 Å². The third kappa shape index (κ3) is 7.35. The number of anilines is 2. The fourth-order valence-corrected chi connectivity index (χ4v) is 5.66. The monoisotopic (exact) mass is 622 g/mol. The van der Waals surface area contributed by atoms with Crippen LogP contribution >= 0.6 is 11.6 Å². The second kappa shape index (κ2) is 14.1. The smallest absolute Gasteiger partial charge is 0.328 e. The maximum absolute atomic E-state index is 13.3. The summed E-state index contributed by atoms with van der Waals surface area (Å²) in [6.45, 7) is 4.62. The Labute approximate surface area is 262 Å². The molecule has 0 bridgehead atoms. The van der Waals surface area contributed by atoms with Crippen molar-refractivity contribution in [3.05, 3.63) is 70.6 Å². The molecule has 3 N–H and O–H groups in total. The summed E-state index contributed by atoms with van der Waals surface area (Å²) >= 11 is 6.42. The van der Waals surface area contributed by atoms with E-state index in [4.69, 9.17) is 36.3 Å². The van der Waals surface area contributed by atoms with Crippen LogP contribution in [0.15, 0.2) is 48.8 Å². The van der Waals surface area contributed by atoms with Crippen LogP contribution in [-0.4, -0.2) is 67.7 Å². The molecule has 44 heavy (non-hydrogen) atoms. The molecule has 0 spiro atoms. The normalized spacial score (nSPS) is 14.4. The minimum Gasteiger partial charge on any atom is -0.497 e. The first-order valence-corrected chi connectivity index (χ1v) is 14.9. The van der Waals surface area contributed by atoms with Crippen molar-refractivity contribution < 1.29 is 23.7 Å². The van der Waals surface area contributed by atoms with Crippen LogP contribution in [0, 0.1) is 0 Å². The quantitative estimate of drug-likeness (QED) is 0.167. The van der Waals surface area contributed by atoms with E-state index in [2.05, 4.69) is 21.4 Å². The zero-order chi connectivity index (χ0) is 31.2. The summed E-state index contributed by atoms with van der Waals surface area (Å²) in [5.41, 5.74) is 11.7. The summed E-state index contributed by atoms with van der Waals surface area (Å²) in [5.74, 6) is 1.85. The summed E-state index contributed by atoms with van der Waals surface area (Å²) < 4.78 is 23.7. The highest BCUT2D eigenvalue weighted by atomic mass is 35.5. The number of imidazole rings is 1. The van der Waals surface area contributed by atoms with E-state index in [1.54, 1.807) is 20.3 Å². The van der Waals surface area contributed by atoms with Gasteiger partial charge in [0.1, 0.15) is 28.5 Å². The summed E-state index contributed by atoms with van der Waals surface area (Å²) in [4.78, 5) is 24.2. The average molecular weight is 623 g/mol. The van der Waals surface area contributed by atoms with Crippen LogP contribution in [0.3, 0.4) is 0 Å². The molecule has 0 unspecified atom stereocenters. The van der Waals surface area contributed by atoms with Crippen LogP contribution in [0.4, 0.5) is 16.2 Å². The van der Waals surface area contributed by atoms with Crippen LogP contribution in [0.1, 0.15) is 42.4 Å². The van der Waals surface area contributed by atoms with Crippen molar-refractivity contribution in [2.24, 2.45) is 0 Å². The number of amides is 1. The lowest BCUT2D eigenvalue weighted by Crippen LogP contribution is -2.38. The number of hydrogen-bond acceptors (Lipinski definition) is 9. The summed E-state index contributed by atoms with van der Waals surface area (Å²) in [6, 6.07) is 12.9. The van der Waals surface area contributed by atoms with Gasteiger partial charge in [-0.1, -0.05) is 17.7 Å². The lowest BCUT2D eigenvalue weighted by molar-refractivity contribution is 0.0851. The number of pyridine rings is 1. The number of nitrogens with two attached hydrogens (primary N) is 1. The zero-order valence-corrected chi connectivity index (χ0v) is 26.3. The Morgan fingerprint density at radius 2 is 1.98 bits per heavy atom. The molecule has 1 aliphatic heterocycles. The maximum Gasteiger partial charge on any atom is 0.328 e. The number of ether oxygens (including phenoxy) is 4. The molecule has 0 aliphatic carbocycles. The standard InChI is InChI=1S/C32H39ClN6O5/c1-20(17-44-18-21-11-24(13-25(34)12-21)22-7-9-43-10-8-22)36-32(40)39-19-35-30-27(15-29(33)37-31(30)39)38(2)16-23-5-6-26(41-3)14-28(23)42-4/h5-6,11-15,19-20,22H,7-10,16-18,34H2,1-4H3,(H,36,40)/t20-/m1/s1. The Kier molecular flexibility index (Phi) is 10.1. The van der Waals surface area contributed by atoms with E-state index in [9.17, 15) is 4.79 Å². The van der Waals surface area contributed by atoms with Crippen molar-refractivity contribution in [2.45, 2.75) is 44.9 Å². The first-order chi connectivity index (χ1) is 21.2. The second-order valence-electron chi connectivity index (χ2n) is 11.0. The van der Waals surface area contributed by atoms with Gasteiger partial charge in [-0.2, -0.15) is 0 Å². The van der Waals surface area contributed by atoms with E-state index in [0.717, 1.165) is 48.6 Å². The molecule has 0 radical (unpaired) electrons. The number of nitrogens with zero attached hydrogens (tertiary/aromatic N) is 4. The second-order valence-corrected chi connectivity index (χ2v) is 11.4. The van der Waals surface area contributed by atoms with Gasteiger partial charge in [0.25, 0.3) is 0 Å². The highest BCUT2D eigenvalue weighted by molar-refractivity contribution is 6.30. The minimum atomic E-state index is -0.380. The number of nitrogen functional groups attached to an aromatic ring is 1. The van der Waals surface area contributed by atoms with Gasteiger partial charge in [0.15, 0.2) is 5.65 Å². The van der Waals surface area contributed by atoms with Crippen molar-refractivity contribution in [3.8, 4) is 11.5 Å². The average Bonchev–Trinajstić information content (AvgIpc) is 3.45. The molecule has 1 aliphatic rings. The molecule has 1 amide bonds. The predicted octanol–water partition coefficient (Wildman–Crippen LogP) is 5.38. The lowest BCUT2D eigenvalue weighted by atomic mass is 9.90. The molecule has 1 saturated heterocycles. The van der Waals surface area contributed by atoms with Crippen LogP contribution in [-0.2, 0) is 22.6 Å². The number of methoxy groups -OCH3 is 2. The highest BCUT2D eigenvalue weighted by Crippen LogP contribution is 2.32. The number of benzene rings is 2. The number of carbonyl (C=O) groups excluding carboxylic acids is 1. The van der Waals surface area contributed by atoms with E-state index in [0.29, 0.717) is 48.3 Å². The Morgan fingerprint density at radius 1 is 1.18 bits per heavy atom. The molecule has 0 saturated carbocycles. The molecule has 12 heteroatoms. The predicted molar refractivity (Wildman–Crippen MR) is 171 cm³/mol. The molecule has 11 nitrogen and oxygen atoms in total. The third-order valence-corrected chi connectivity index (χ3v) is 7.92. The van der Waals surface area contributed by atoms with Crippen molar-refractivity contribution in [1.82, 2.24) is 19.9 Å². The molecule has 1 fully saturated rings. The van der Waals surface area contributed by atoms with Gasteiger partial charge in [0, 0.05) is 50.2 Å². The van der Waals surface area contributed by atoms with Gasteiger partial charge in [-0.05, 0) is 61.1 Å². The van der Waals surface area contributed by atoms with Crippen LogP contribution in [0.5, 0.6) is 11.5 Å². The number of halogens is 1. The van der Waals surface area contributed by atoms with Gasteiger partial charge < -0.3 is 34.9 Å². The molecule has 3 heterocycles. The van der Waals surface area contributed by atoms with Crippen LogP contribution in [0.25, 0.3) is 11.2 Å². The van der Waals surface area contributed by atoms with Gasteiger partial charge in [-0.15, -0.1) is 0 Å². The van der Waals surface area contributed by atoms with Gasteiger partial charge in [-0.25, -0.2) is 19.3 Å². The molecule has 1 atom stereocenters. The van der Waals surface area contributed by atoms with E-state index in [-0.39, 0.29) is 17.2 Å². The van der Waals surface area contributed by atoms with Crippen LogP contribution < -0.4 is 25.4 Å². The van der Waals surface area contributed by atoms with Gasteiger partial charge >= 0.3 is 6.03 Å². The third-order valence-electron chi connectivity index (χ3n) is 7.72. The lowest BCUT2D eigenvalue weighted by Gasteiger charge is -2.23.